The molecule has 0 saturated heterocycles. The van der Waals surface area contributed by atoms with Crippen molar-refractivity contribution in [2.45, 2.75) is 26.1 Å². The van der Waals surface area contributed by atoms with Crippen LogP contribution in [-0.2, 0) is 21.0 Å². The molecule has 0 radical (unpaired) electrons. The molecule has 1 atom stereocenters. The summed E-state index contributed by atoms with van der Waals surface area (Å²) in [5.41, 5.74) is 3.66. The minimum absolute atomic E-state index is 0.0322. The second kappa shape index (κ2) is 8.63. The first-order chi connectivity index (χ1) is 8.72. The van der Waals surface area contributed by atoms with Crippen LogP contribution in [0.1, 0.15) is 18.9 Å². The van der Waals surface area contributed by atoms with Gasteiger partial charge in [0.1, 0.15) is 0 Å². The second-order valence-corrected chi connectivity index (χ2v) is 3.79. The van der Waals surface area contributed by atoms with Crippen molar-refractivity contribution in [2.24, 2.45) is 0 Å². The van der Waals surface area contributed by atoms with Gasteiger partial charge in [-0.1, -0.05) is 30.3 Å². The molecule has 100 valence electrons. The molecule has 2 N–H and O–H groups in total. The van der Waals surface area contributed by atoms with Crippen molar-refractivity contribution in [2.75, 3.05) is 13.2 Å². The Balaban J connectivity index is 2.09. The average molecular weight is 253 g/mol. The SMILES string of the molecule is CCOC(=O)CC(O)CNOCc1ccccc1. The van der Waals surface area contributed by atoms with E-state index in [9.17, 15) is 9.90 Å². The van der Waals surface area contributed by atoms with Gasteiger partial charge in [-0.05, 0) is 12.5 Å². The molecule has 18 heavy (non-hydrogen) atoms. The molecule has 0 aromatic heterocycles. The fourth-order valence-corrected chi connectivity index (χ4v) is 1.35. The van der Waals surface area contributed by atoms with E-state index in [1.807, 2.05) is 30.3 Å². The summed E-state index contributed by atoms with van der Waals surface area (Å²) in [5, 5.41) is 9.50. The van der Waals surface area contributed by atoms with E-state index in [0.29, 0.717) is 13.2 Å². The van der Waals surface area contributed by atoms with Crippen LogP contribution in [0.2, 0.25) is 0 Å². The summed E-state index contributed by atoms with van der Waals surface area (Å²) in [6.07, 6.45) is -0.838. The zero-order chi connectivity index (χ0) is 13.2. The number of aliphatic hydroxyl groups is 1. The van der Waals surface area contributed by atoms with E-state index < -0.39 is 12.1 Å². The van der Waals surface area contributed by atoms with Crippen LogP contribution in [0.15, 0.2) is 30.3 Å². The molecule has 0 aliphatic carbocycles. The van der Waals surface area contributed by atoms with E-state index in [1.165, 1.54) is 0 Å². The van der Waals surface area contributed by atoms with Gasteiger partial charge in [0.25, 0.3) is 0 Å². The number of benzene rings is 1. The van der Waals surface area contributed by atoms with Crippen molar-refractivity contribution >= 4 is 5.97 Å². The molecule has 0 heterocycles. The molecule has 1 aromatic rings. The van der Waals surface area contributed by atoms with Crippen LogP contribution < -0.4 is 5.48 Å². The maximum Gasteiger partial charge on any atom is 0.308 e. The standard InChI is InChI=1S/C13H19NO4/c1-2-17-13(16)8-12(15)9-14-18-10-11-6-4-3-5-7-11/h3-7,12,14-15H,2,8-10H2,1H3. The number of carbonyl (C=O) groups excluding carboxylic acids is 1. The number of carbonyl (C=O) groups is 1. The highest BCUT2D eigenvalue weighted by molar-refractivity contribution is 5.69. The summed E-state index contributed by atoms with van der Waals surface area (Å²) in [4.78, 5) is 16.2. The molecule has 0 amide bonds. The summed E-state index contributed by atoms with van der Waals surface area (Å²) in [5.74, 6) is -0.408. The fraction of sp³-hybridized carbons (Fsp3) is 0.462. The van der Waals surface area contributed by atoms with Gasteiger partial charge in [0.2, 0.25) is 0 Å². The van der Waals surface area contributed by atoms with E-state index in [0.717, 1.165) is 5.56 Å². The van der Waals surface area contributed by atoms with Crippen LogP contribution in [0.5, 0.6) is 0 Å². The van der Waals surface area contributed by atoms with Gasteiger partial charge in [0, 0.05) is 6.54 Å². The first-order valence-electron chi connectivity index (χ1n) is 5.94. The number of hydrogen-bond donors (Lipinski definition) is 2. The number of esters is 1. The molecule has 0 aliphatic rings. The summed E-state index contributed by atoms with van der Waals surface area (Å²) in [6.45, 7) is 2.65. The molecule has 5 nitrogen and oxygen atoms in total. The highest BCUT2D eigenvalue weighted by Crippen LogP contribution is 1.99. The van der Waals surface area contributed by atoms with Gasteiger partial charge in [0.15, 0.2) is 0 Å². The van der Waals surface area contributed by atoms with E-state index in [1.54, 1.807) is 6.92 Å². The number of hydrogen-bond acceptors (Lipinski definition) is 5. The largest absolute Gasteiger partial charge is 0.466 e. The third-order valence-electron chi connectivity index (χ3n) is 2.21. The van der Waals surface area contributed by atoms with Crippen LogP contribution in [0, 0.1) is 0 Å². The minimum atomic E-state index is -0.806. The number of hydroxylamine groups is 1. The molecule has 5 heteroatoms. The number of nitrogens with one attached hydrogen (secondary N) is 1. The maximum absolute atomic E-state index is 11.1. The van der Waals surface area contributed by atoms with Crippen LogP contribution in [-0.4, -0.2) is 30.3 Å². The molecule has 0 fully saturated rings. The van der Waals surface area contributed by atoms with Gasteiger partial charge < -0.3 is 9.84 Å². The Bertz CT molecular complexity index is 342. The molecule has 1 aromatic carbocycles. The molecular weight excluding hydrogens is 234 g/mol. The van der Waals surface area contributed by atoms with Crippen molar-refractivity contribution in [1.82, 2.24) is 5.48 Å². The number of rotatable bonds is 8. The van der Waals surface area contributed by atoms with Gasteiger partial charge in [-0.2, -0.15) is 5.48 Å². The summed E-state index contributed by atoms with van der Waals surface area (Å²) in [7, 11) is 0. The first-order valence-corrected chi connectivity index (χ1v) is 5.94. The Morgan fingerprint density at radius 3 is 2.78 bits per heavy atom. The van der Waals surface area contributed by atoms with E-state index in [2.05, 4.69) is 5.48 Å². The van der Waals surface area contributed by atoms with Gasteiger partial charge in [-0.3, -0.25) is 9.63 Å². The number of ether oxygens (including phenoxy) is 1. The zero-order valence-electron chi connectivity index (χ0n) is 10.5. The first kappa shape index (κ1) is 14.6. The monoisotopic (exact) mass is 253 g/mol. The molecule has 1 unspecified atom stereocenters. The Labute approximate surface area is 107 Å². The van der Waals surface area contributed by atoms with Crippen molar-refractivity contribution in [3.05, 3.63) is 35.9 Å². The summed E-state index contributed by atoms with van der Waals surface area (Å²) >= 11 is 0. The third-order valence-corrected chi connectivity index (χ3v) is 2.21. The topological polar surface area (TPSA) is 67.8 Å². The van der Waals surface area contributed by atoms with E-state index >= 15 is 0 Å². The van der Waals surface area contributed by atoms with Crippen LogP contribution in [0.4, 0.5) is 0 Å². The summed E-state index contributed by atoms with van der Waals surface area (Å²) < 4.78 is 4.72. The normalized spacial score (nSPS) is 12.1. The zero-order valence-corrected chi connectivity index (χ0v) is 10.5. The van der Waals surface area contributed by atoms with Crippen molar-refractivity contribution in [1.29, 1.82) is 0 Å². The van der Waals surface area contributed by atoms with Crippen molar-refractivity contribution in [3.63, 3.8) is 0 Å². The van der Waals surface area contributed by atoms with Gasteiger partial charge in [-0.25, -0.2) is 0 Å². The Morgan fingerprint density at radius 2 is 2.11 bits per heavy atom. The molecule has 0 bridgehead atoms. The van der Waals surface area contributed by atoms with Crippen molar-refractivity contribution in [3.8, 4) is 0 Å². The molecular formula is C13H19NO4. The van der Waals surface area contributed by atoms with E-state index in [4.69, 9.17) is 9.57 Å². The third kappa shape index (κ3) is 6.34. The Kier molecular flexibility index (Phi) is 7.01. The molecule has 1 rings (SSSR count). The predicted molar refractivity (Wildman–Crippen MR) is 66.5 cm³/mol. The van der Waals surface area contributed by atoms with Gasteiger partial charge >= 0.3 is 5.97 Å². The highest BCUT2D eigenvalue weighted by Gasteiger charge is 2.11. The average Bonchev–Trinajstić information content (AvgIpc) is 2.36. The quantitative estimate of drug-likeness (QED) is 0.411. The van der Waals surface area contributed by atoms with Crippen LogP contribution in [0.3, 0.4) is 0 Å². The number of aliphatic hydroxyl groups excluding tert-OH is 1. The lowest BCUT2D eigenvalue weighted by molar-refractivity contribution is -0.145. The second-order valence-electron chi connectivity index (χ2n) is 3.79. The van der Waals surface area contributed by atoms with Crippen LogP contribution >= 0.6 is 0 Å². The Morgan fingerprint density at radius 1 is 1.39 bits per heavy atom. The Hall–Kier alpha value is -1.43. The molecule has 0 spiro atoms. The lowest BCUT2D eigenvalue weighted by Gasteiger charge is -2.11. The molecule has 0 aliphatic heterocycles. The van der Waals surface area contributed by atoms with Gasteiger partial charge in [0.05, 0.1) is 25.7 Å². The highest BCUT2D eigenvalue weighted by atomic mass is 16.6. The van der Waals surface area contributed by atoms with E-state index in [-0.39, 0.29) is 13.0 Å². The minimum Gasteiger partial charge on any atom is -0.466 e. The summed E-state index contributed by atoms with van der Waals surface area (Å²) in [6, 6.07) is 9.66. The molecule has 0 saturated carbocycles. The van der Waals surface area contributed by atoms with Crippen LogP contribution in [0.25, 0.3) is 0 Å². The smallest absolute Gasteiger partial charge is 0.308 e. The lowest BCUT2D eigenvalue weighted by Crippen LogP contribution is -2.29. The lowest BCUT2D eigenvalue weighted by atomic mass is 10.2. The van der Waals surface area contributed by atoms with Crippen molar-refractivity contribution < 1.29 is 19.5 Å². The van der Waals surface area contributed by atoms with Gasteiger partial charge in [-0.15, -0.1) is 0 Å². The predicted octanol–water partition coefficient (Wildman–Crippen LogP) is 1.02. The fourth-order valence-electron chi connectivity index (χ4n) is 1.35. The maximum atomic E-state index is 11.1.